The number of hydrogen-bond donors (Lipinski definition) is 2. The van der Waals surface area contributed by atoms with Crippen molar-refractivity contribution in [3.05, 3.63) is 60.2 Å². The Balaban J connectivity index is 1.49. The highest BCUT2D eigenvalue weighted by Gasteiger charge is 2.01. The van der Waals surface area contributed by atoms with Crippen LogP contribution in [0.1, 0.15) is 24.8 Å². The molecule has 23 heavy (non-hydrogen) atoms. The van der Waals surface area contributed by atoms with Gasteiger partial charge in [-0.1, -0.05) is 30.3 Å². The Morgan fingerprint density at radius 3 is 2.43 bits per heavy atom. The van der Waals surface area contributed by atoms with Gasteiger partial charge in [0.05, 0.1) is 13.0 Å². The van der Waals surface area contributed by atoms with Gasteiger partial charge in [-0.3, -0.25) is 4.79 Å². The first-order valence-corrected chi connectivity index (χ1v) is 8.03. The third kappa shape index (κ3) is 6.87. The number of hydrogen-bond acceptors (Lipinski definition) is 3. The molecular formula is C19H24N2O2. The minimum absolute atomic E-state index is 0.0781. The van der Waals surface area contributed by atoms with E-state index in [1.165, 1.54) is 0 Å². The van der Waals surface area contributed by atoms with Gasteiger partial charge < -0.3 is 15.8 Å². The van der Waals surface area contributed by atoms with Gasteiger partial charge in [0, 0.05) is 12.2 Å². The van der Waals surface area contributed by atoms with Gasteiger partial charge in [0.2, 0.25) is 5.91 Å². The molecule has 0 aliphatic rings. The highest BCUT2D eigenvalue weighted by atomic mass is 16.5. The smallest absolute Gasteiger partial charge is 0.224 e. The van der Waals surface area contributed by atoms with E-state index in [0.717, 1.165) is 36.3 Å². The van der Waals surface area contributed by atoms with E-state index >= 15 is 0 Å². The highest BCUT2D eigenvalue weighted by molar-refractivity contribution is 5.78. The number of ether oxygens (including phenoxy) is 1. The first kappa shape index (κ1) is 16.9. The molecule has 0 unspecified atom stereocenters. The SMILES string of the molecule is Nc1ccc(OCCCCCNC(=O)Cc2ccccc2)cc1. The van der Waals surface area contributed by atoms with E-state index in [1.54, 1.807) is 0 Å². The number of carbonyl (C=O) groups is 1. The van der Waals surface area contributed by atoms with Crippen molar-refractivity contribution in [3.63, 3.8) is 0 Å². The average molecular weight is 312 g/mol. The van der Waals surface area contributed by atoms with Crippen molar-refractivity contribution in [2.75, 3.05) is 18.9 Å². The number of anilines is 1. The van der Waals surface area contributed by atoms with Crippen LogP contribution < -0.4 is 15.8 Å². The highest BCUT2D eigenvalue weighted by Crippen LogP contribution is 2.13. The lowest BCUT2D eigenvalue weighted by Gasteiger charge is -2.07. The monoisotopic (exact) mass is 312 g/mol. The maximum Gasteiger partial charge on any atom is 0.224 e. The fourth-order valence-electron chi connectivity index (χ4n) is 2.23. The number of nitrogen functional groups attached to an aromatic ring is 1. The molecule has 1 amide bonds. The second-order valence-corrected chi connectivity index (χ2v) is 5.49. The fourth-order valence-corrected chi connectivity index (χ4v) is 2.23. The summed E-state index contributed by atoms with van der Waals surface area (Å²) in [5.74, 6) is 0.921. The molecule has 2 aromatic rings. The number of amides is 1. The van der Waals surface area contributed by atoms with E-state index in [1.807, 2.05) is 54.6 Å². The van der Waals surface area contributed by atoms with Crippen molar-refractivity contribution in [2.45, 2.75) is 25.7 Å². The summed E-state index contributed by atoms with van der Waals surface area (Å²) >= 11 is 0. The third-order valence-corrected chi connectivity index (χ3v) is 3.50. The zero-order chi connectivity index (χ0) is 16.3. The summed E-state index contributed by atoms with van der Waals surface area (Å²) in [7, 11) is 0. The summed E-state index contributed by atoms with van der Waals surface area (Å²) in [5.41, 5.74) is 7.40. The van der Waals surface area contributed by atoms with Crippen LogP contribution in [0.15, 0.2) is 54.6 Å². The normalized spacial score (nSPS) is 10.3. The van der Waals surface area contributed by atoms with Crippen molar-refractivity contribution in [1.29, 1.82) is 0 Å². The average Bonchev–Trinajstić information content (AvgIpc) is 2.56. The molecule has 0 fully saturated rings. The lowest BCUT2D eigenvalue weighted by atomic mass is 10.1. The van der Waals surface area contributed by atoms with E-state index < -0.39 is 0 Å². The molecule has 0 aliphatic carbocycles. The van der Waals surface area contributed by atoms with Crippen LogP contribution in [0, 0.1) is 0 Å². The Labute approximate surface area is 137 Å². The van der Waals surface area contributed by atoms with Crippen LogP contribution in [-0.2, 0) is 11.2 Å². The van der Waals surface area contributed by atoms with Gasteiger partial charge in [-0.25, -0.2) is 0 Å². The lowest BCUT2D eigenvalue weighted by Crippen LogP contribution is -2.26. The minimum atomic E-state index is 0.0781. The van der Waals surface area contributed by atoms with Crippen molar-refractivity contribution in [3.8, 4) is 5.75 Å². The summed E-state index contributed by atoms with van der Waals surface area (Å²) in [5, 5.41) is 2.95. The molecule has 0 saturated heterocycles. The molecule has 0 heterocycles. The van der Waals surface area contributed by atoms with Crippen molar-refractivity contribution in [2.24, 2.45) is 0 Å². The van der Waals surface area contributed by atoms with E-state index in [2.05, 4.69) is 5.32 Å². The second-order valence-electron chi connectivity index (χ2n) is 5.49. The van der Waals surface area contributed by atoms with Gasteiger partial charge in [0.1, 0.15) is 5.75 Å². The summed E-state index contributed by atoms with van der Waals surface area (Å²) in [6, 6.07) is 17.2. The van der Waals surface area contributed by atoms with Gasteiger partial charge in [-0.05, 0) is 49.1 Å². The van der Waals surface area contributed by atoms with Gasteiger partial charge in [-0.2, -0.15) is 0 Å². The van der Waals surface area contributed by atoms with Gasteiger partial charge in [0.15, 0.2) is 0 Å². The minimum Gasteiger partial charge on any atom is -0.494 e. The Bertz CT molecular complexity index is 582. The zero-order valence-electron chi connectivity index (χ0n) is 13.3. The summed E-state index contributed by atoms with van der Waals surface area (Å²) < 4.78 is 5.62. The number of carbonyl (C=O) groups excluding carboxylic acids is 1. The van der Waals surface area contributed by atoms with Crippen molar-refractivity contribution >= 4 is 11.6 Å². The van der Waals surface area contributed by atoms with Crippen LogP contribution in [0.3, 0.4) is 0 Å². The number of nitrogens with one attached hydrogen (secondary N) is 1. The standard InChI is InChI=1S/C19H24N2O2/c20-17-9-11-18(12-10-17)23-14-6-2-5-13-21-19(22)15-16-7-3-1-4-8-16/h1,3-4,7-12H,2,5-6,13-15,20H2,(H,21,22). The van der Waals surface area contributed by atoms with E-state index in [9.17, 15) is 4.79 Å². The van der Waals surface area contributed by atoms with Gasteiger partial charge in [-0.15, -0.1) is 0 Å². The maximum atomic E-state index is 11.8. The van der Waals surface area contributed by atoms with E-state index in [4.69, 9.17) is 10.5 Å². The Kier molecular flexibility index (Phi) is 6.98. The molecule has 0 saturated carbocycles. The molecule has 0 radical (unpaired) electrons. The predicted molar refractivity (Wildman–Crippen MR) is 93.4 cm³/mol. The van der Waals surface area contributed by atoms with Crippen molar-refractivity contribution < 1.29 is 9.53 Å². The zero-order valence-corrected chi connectivity index (χ0v) is 13.3. The topological polar surface area (TPSA) is 64.3 Å². The Morgan fingerprint density at radius 2 is 1.70 bits per heavy atom. The summed E-state index contributed by atoms with van der Waals surface area (Å²) in [6.07, 6.45) is 3.41. The lowest BCUT2D eigenvalue weighted by molar-refractivity contribution is -0.120. The summed E-state index contributed by atoms with van der Waals surface area (Å²) in [6.45, 7) is 1.40. The molecule has 0 spiro atoms. The van der Waals surface area contributed by atoms with Crippen LogP contribution in [0.25, 0.3) is 0 Å². The molecule has 2 aromatic carbocycles. The van der Waals surface area contributed by atoms with Crippen LogP contribution in [0.5, 0.6) is 5.75 Å². The van der Waals surface area contributed by atoms with Crippen LogP contribution in [0.4, 0.5) is 5.69 Å². The number of rotatable bonds is 9. The second kappa shape index (κ2) is 9.51. The molecule has 3 N–H and O–H groups in total. The molecule has 122 valence electrons. The molecule has 0 atom stereocenters. The molecule has 4 nitrogen and oxygen atoms in total. The molecule has 0 aromatic heterocycles. The first-order valence-electron chi connectivity index (χ1n) is 8.03. The Morgan fingerprint density at radius 1 is 0.957 bits per heavy atom. The predicted octanol–water partition coefficient (Wildman–Crippen LogP) is 3.18. The first-order chi connectivity index (χ1) is 11.2. The van der Waals surface area contributed by atoms with Gasteiger partial charge in [0.25, 0.3) is 0 Å². The molecular weight excluding hydrogens is 288 g/mol. The summed E-state index contributed by atoms with van der Waals surface area (Å²) in [4.78, 5) is 11.8. The maximum absolute atomic E-state index is 11.8. The molecule has 0 bridgehead atoms. The van der Waals surface area contributed by atoms with E-state index in [-0.39, 0.29) is 5.91 Å². The number of benzene rings is 2. The van der Waals surface area contributed by atoms with Crippen LogP contribution in [0.2, 0.25) is 0 Å². The Hall–Kier alpha value is -2.49. The van der Waals surface area contributed by atoms with E-state index in [0.29, 0.717) is 19.6 Å². The quantitative estimate of drug-likeness (QED) is 0.552. The van der Waals surface area contributed by atoms with Crippen LogP contribution in [-0.4, -0.2) is 19.1 Å². The van der Waals surface area contributed by atoms with Gasteiger partial charge >= 0.3 is 0 Å². The number of nitrogens with two attached hydrogens (primary N) is 1. The van der Waals surface area contributed by atoms with Crippen LogP contribution >= 0.6 is 0 Å². The van der Waals surface area contributed by atoms with Crippen molar-refractivity contribution in [1.82, 2.24) is 5.32 Å². The third-order valence-electron chi connectivity index (χ3n) is 3.50. The molecule has 0 aliphatic heterocycles. The number of unbranched alkanes of at least 4 members (excludes halogenated alkanes) is 2. The molecule has 2 rings (SSSR count). The molecule has 4 heteroatoms. The fraction of sp³-hybridized carbons (Fsp3) is 0.316. The largest absolute Gasteiger partial charge is 0.494 e.